The molecule has 4 heteroatoms. The van der Waals surface area contributed by atoms with E-state index in [4.69, 9.17) is 11.1 Å². The lowest BCUT2D eigenvalue weighted by Crippen LogP contribution is -2.13. The second kappa shape index (κ2) is 5.89. The maximum Gasteiger partial charge on any atom is 0.141 e. The lowest BCUT2D eigenvalue weighted by molar-refractivity contribution is 1.21. The molecule has 0 saturated carbocycles. The van der Waals surface area contributed by atoms with Gasteiger partial charge in [-0.1, -0.05) is 17.7 Å². The molecule has 1 aromatic carbocycles. The molecule has 2 rings (SSSR count). The summed E-state index contributed by atoms with van der Waals surface area (Å²) in [5.41, 5.74) is 9.69. The topological polar surface area (TPSA) is 62.8 Å². The molecule has 0 aliphatic heterocycles. The maximum atomic E-state index is 7.39. The molecule has 19 heavy (non-hydrogen) atoms. The molecule has 2 aromatic rings. The number of aromatic nitrogens is 1. The Bertz CT molecular complexity index is 608. The van der Waals surface area contributed by atoms with Crippen LogP contribution in [-0.4, -0.2) is 10.8 Å². The Kier molecular flexibility index (Phi) is 4.22. The molecule has 3 nitrogen and oxygen atoms in total. The predicted octanol–water partition coefficient (Wildman–Crippen LogP) is 3.27. The van der Waals surface area contributed by atoms with E-state index in [1.807, 2.05) is 12.1 Å². The summed E-state index contributed by atoms with van der Waals surface area (Å²) in [5, 5.41) is 7.39. The fraction of sp³-hybridized carbons (Fsp3) is 0.200. The van der Waals surface area contributed by atoms with E-state index in [1.165, 1.54) is 16.0 Å². The van der Waals surface area contributed by atoms with Crippen molar-refractivity contribution in [2.75, 3.05) is 0 Å². The van der Waals surface area contributed by atoms with Gasteiger partial charge in [-0.05, 0) is 43.2 Å². The minimum absolute atomic E-state index is 0.0124. The van der Waals surface area contributed by atoms with Gasteiger partial charge in [-0.25, -0.2) is 0 Å². The minimum Gasteiger partial charge on any atom is -0.382 e. The molecule has 0 aliphatic carbocycles. The Labute approximate surface area is 117 Å². The fourth-order valence-corrected chi connectivity index (χ4v) is 2.79. The van der Waals surface area contributed by atoms with Crippen molar-refractivity contribution in [1.82, 2.24) is 4.98 Å². The number of hydrogen-bond acceptors (Lipinski definition) is 3. The van der Waals surface area contributed by atoms with Crippen molar-refractivity contribution in [2.24, 2.45) is 5.73 Å². The van der Waals surface area contributed by atoms with Crippen molar-refractivity contribution < 1.29 is 0 Å². The van der Waals surface area contributed by atoms with Gasteiger partial charge in [-0.3, -0.25) is 10.4 Å². The Hall–Kier alpha value is -1.81. The van der Waals surface area contributed by atoms with Gasteiger partial charge in [0.25, 0.3) is 0 Å². The first-order chi connectivity index (χ1) is 9.06. The minimum atomic E-state index is 0.0124. The average molecular weight is 271 g/mol. The number of benzene rings is 1. The van der Waals surface area contributed by atoms with Crippen LogP contribution in [0.5, 0.6) is 0 Å². The number of nitrogens with zero attached hydrogens (tertiary/aromatic N) is 1. The lowest BCUT2D eigenvalue weighted by atomic mass is 10.2. The average Bonchev–Trinajstić information content (AvgIpc) is 2.38. The molecule has 0 aliphatic rings. The summed E-state index contributed by atoms with van der Waals surface area (Å²) >= 11 is 1.79. The van der Waals surface area contributed by atoms with Crippen molar-refractivity contribution >= 4 is 17.6 Å². The molecule has 1 heterocycles. The number of aryl methyl sites for hydroxylation is 2. The van der Waals surface area contributed by atoms with Gasteiger partial charge in [0, 0.05) is 16.8 Å². The highest BCUT2D eigenvalue weighted by Gasteiger charge is 2.03. The molecular formula is C15H17N3S. The van der Waals surface area contributed by atoms with Crippen LogP contribution < -0.4 is 5.73 Å². The van der Waals surface area contributed by atoms with Crippen molar-refractivity contribution in [3.63, 3.8) is 0 Å². The molecule has 0 atom stereocenters. The summed E-state index contributed by atoms with van der Waals surface area (Å²) in [6.45, 7) is 4.23. The fourth-order valence-electron chi connectivity index (χ4n) is 1.83. The lowest BCUT2D eigenvalue weighted by Gasteiger charge is -2.07. The highest BCUT2D eigenvalue weighted by atomic mass is 32.2. The van der Waals surface area contributed by atoms with E-state index in [0.717, 1.165) is 11.3 Å². The number of pyridine rings is 1. The smallest absolute Gasteiger partial charge is 0.141 e. The first-order valence-corrected chi connectivity index (χ1v) is 7.04. The summed E-state index contributed by atoms with van der Waals surface area (Å²) in [7, 11) is 0. The number of nitrogen functional groups attached to an aromatic ring is 1. The van der Waals surface area contributed by atoms with Gasteiger partial charge >= 0.3 is 0 Å². The van der Waals surface area contributed by atoms with E-state index >= 15 is 0 Å². The zero-order valence-corrected chi connectivity index (χ0v) is 11.9. The number of hydrogen-bond donors (Lipinski definition) is 2. The Balaban J connectivity index is 2.10. The summed E-state index contributed by atoms with van der Waals surface area (Å²) in [4.78, 5) is 5.35. The summed E-state index contributed by atoms with van der Waals surface area (Å²) in [5.74, 6) is 0.866. The first-order valence-electron chi connectivity index (χ1n) is 6.05. The van der Waals surface area contributed by atoms with Gasteiger partial charge < -0.3 is 5.73 Å². The molecule has 0 amide bonds. The zero-order chi connectivity index (χ0) is 13.8. The molecule has 1 aromatic heterocycles. The van der Waals surface area contributed by atoms with Crippen LogP contribution >= 0.6 is 11.8 Å². The van der Waals surface area contributed by atoms with Gasteiger partial charge in [-0.15, -0.1) is 11.8 Å². The molecule has 0 radical (unpaired) electrons. The monoisotopic (exact) mass is 271 g/mol. The molecule has 0 fully saturated rings. The summed E-state index contributed by atoms with van der Waals surface area (Å²) in [6, 6.07) is 10.3. The van der Waals surface area contributed by atoms with Crippen LogP contribution in [-0.2, 0) is 5.75 Å². The van der Waals surface area contributed by atoms with Gasteiger partial charge in [0.1, 0.15) is 11.5 Å². The summed E-state index contributed by atoms with van der Waals surface area (Å²) in [6.07, 6.45) is 1.70. The van der Waals surface area contributed by atoms with Gasteiger partial charge in [-0.2, -0.15) is 0 Å². The van der Waals surface area contributed by atoms with E-state index in [-0.39, 0.29) is 5.84 Å². The van der Waals surface area contributed by atoms with E-state index in [2.05, 4.69) is 37.0 Å². The van der Waals surface area contributed by atoms with Crippen LogP contribution in [0.1, 0.15) is 22.4 Å². The number of nitrogens with one attached hydrogen (secondary N) is 1. The quantitative estimate of drug-likeness (QED) is 0.509. The van der Waals surface area contributed by atoms with Crippen molar-refractivity contribution in [1.29, 1.82) is 5.41 Å². The number of thioether (sulfide) groups is 1. The van der Waals surface area contributed by atoms with Crippen LogP contribution in [0.3, 0.4) is 0 Å². The molecule has 0 spiro atoms. The maximum absolute atomic E-state index is 7.39. The van der Waals surface area contributed by atoms with Crippen LogP contribution in [0.25, 0.3) is 0 Å². The normalized spacial score (nSPS) is 10.4. The molecule has 0 bridgehead atoms. The first kappa shape index (κ1) is 13.6. The van der Waals surface area contributed by atoms with Crippen molar-refractivity contribution in [3.05, 3.63) is 58.9 Å². The van der Waals surface area contributed by atoms with E-state index in [1.54, 1.807) is 18.0 Å². The Morgan fingerprint density at radius 2 is 2.05 bits per heavy atom. The van der Waals surface area contributed by atoms with Crippen molar-refractivity contribution in [2.45, 2.75) is 24.5 Å². The second-order valence-corrected chi connectivity index (χ2v) is 5.54. The number of rotatable bonds is 4. The highest BCUT2D eigenvalue weighted by molar-refractivity contribution is 7.98. The molecule has 0 unspecified atom stereocenters. The van der Waals surface area contributed by atoms with Gasteiger partial charge in [0.05, 0.1) is 0 Å². The Morgan fingerprint density at radius 1 is 1.26 bits per heavy atom. The van der Waals surface area contributed by atoms with Crippen LogP contribution in [0.4, 0.5) is 0 Å². The molecule has 98 valence electrons. The SMILES string of the molecule is Cc1ccc(SCc2ccnc(C(=N)N)c2)c(C)c1. The summed E-state index contributed by atoms with van der Waals surface area (Å²) < 4.78 is 0. The molecule has 0 saturated heterocycles. The third-order valence-corrected chi connectivity index (χ3v) is 4.07. The zero-order valence-electron chi connectivity index (χ0n) is 11.1. The van der Waals surface area contributed by atoms with Gasteiger partial charge in [0.2, 0.25) is 0 Å². The molecular weight excluding hydrogens is 254 g/mol. The van der Waals surface area contributed by atoms with Crippen LogP contribution in [0.2, 0.25) is 0 Å². The number of amidine groups is 1. The molecule has 3 N–H and O–H groups in total. The van der Waals surface area contributed by atoms with Crippen LogP contribution in [0, 0.1) is 19.3 Å². The Morgan fingerprint density at radius 3 is 2.74 bits per heavy atom. The third-order valence-electron chi connectivity index (χ3n) is 2.83. The van der Waals surface area contributed by atoms with E-state index < -0.39 is 0 Å². The van der Waals surface area contributed by atoms with Crippen molar-refractivity contribution in [3.8, 4) is 0 Å². The predicted molar refractivity (Wildman–Crippen MR) is 80.7 cm³/mol. The third kappa shape index (κ3) is 3.58. The standard InChI is InChI=1S/C15H17N3S/c1-10-3-4-14(11(2)7-10)19-9-12-5-6-18-13(8-12)15(16)17/h3-8H,9H2,1-2H3,(H3,16,17). The second-order valence-electron chi connectivity index (χ2n) is 4.52. The van der Waals surface area contributed by atoms with Gasteiger partial charge in [0.15, 0.2) is 0 Å². The highest BCUT2D eigenvalue weighted by Crippen LogP contribution is 2.26. The van der Waals surface area contributed by atoms with E-state index in [9.17, 15) is 0 Å². The number of nitrogens with two attached hydrogens (primary N) is 1. The van der Waals surface area contributed by atoms with Crippen LogP contribution in [0.15, 0.2) is 41.4 Å². The largest absolute Gasteiger partial charge is 0.382 e. The van der Waals surface area contributed by atoms with E-state index in [0.29, 0.717) is 5.69 Å².